The number of fused-ring (bicyclic) bond motifs is 1. The van der Waals surface area contributed by atoms with Crippen LogP contribution in [0.4, 0.5) is 29.3 Å². The van der Waals surface area contributed by atoms with Crippen molar-refractivity contribution < 1.29 is 41.0 Å². The highest BCUT2D eigenvalue weighted by atomic mass is 32.2. The Hall–Kier alpha value is -3.66. The highest BCUT2D eigenvalue weighted by Gasteiger charge is 2.34. The van der Waals surface area contributed by atoms with Gasteiger partial charge in [-0.05, 0) is 60.8 Å². The number of rotatable bonds is 8. The van der Waals surface area contributed by atoms with Crippen LogP contribution >= 0.6 is 11.3 Å². The van der Waals surface area contributed by atoms with Crippen LogP contribution in [0.1, 0.15) is 25.0 Å². The van der Waals surface area contributed by atoms with Gasteiger partial charge < -0.3 is 25.4 Å². The van der Waals surface area contributed by atoms with Gasteiger partial charge in [0.05, 0.1) is 31.2 Å². The van der Waals surface area contributed by atoms with Crippen LogP contribution in [0.5, 0.6) is 5.75 Å². The van der Waals surface area contributed by atoms with Crippen molar-refractivity contribution >= 4 is 44.7 Å². The molecule has 0 saturated carbocycles. The van der Waals surface area contributed by atoms with Crippen LogP contribution in [-0.4, -0.2) is 73.6 Å². The first kappa shape index (κ1) is 33.2. The Kier molecular flexibility index (Phi) is 10.2. The molecule has 15 heteroatoms. The number of thiophene rings is 1. The molecule has 0 saturated heterocycles. The average Bonchev–Trinajstić information content (AvgIpc) is 3.52. The molecule has 3 atom stereocenters. The Morgan fingerprint density at radius 2 is 1.82 bits per heavy atom. The second-order valence-electron chi connectivity index (χ2n) is 10.6. The fourth-order valence-corrected chi connectivity index (χ4v) is 7.06. The molecule has 0 bridgehead atoms. The molecule has 1 aliphatic rings. The summed E-state index contributed by atoms with van der Waals surface area (Å²) in [5.74, 6) is -0.314. The van der Waals surface area contributed by atoms with E-state index in [1.54, 1.807) is 30.5 Å². The van der Waals surface area contributed by atoms with Gasteiger partial charge in [-0.25, -0.2) is 13.2 Å². The minimum absolute atomic E-state index is 0.0219. The van der Waals surface area contributed by atoms with E-state index in [0.29, 0.717) is 11.3 Å². The third-order valence-electron chi connectivity index (χ3n) is 7.24. The van der Waals surface area contributed by atoms with Crippen molar-refractivity contribution in [3.05, 3.63) is 71.1 Å². The number of alkyl halides is 3. The number of anilines is 2. The van der Waals surface area contributed by atoms with Gasteiger partial charge in [-0.15, -0.1) is 11.3 Å². The minimum Gasteiger partial charge on any atom is -0.488 e. The van der Waals surface area contributed by atoms with Crippen LogP contribution in [0.3, 0.4) is 0 Å². The van der Waals surface area contributed by atoms with Crippen LogP contribution in [-0.2, 0) is 27.4 Å². The molecular formula is C29H33F3N4O6S2. The normalized spacial score (nSPS) is 18.5. The summed E-state index contributed by atoms with van der Waals surface area (Å²) in [7, 11) is -2.33. The number of likely N-dealkylation sites (N-methyl/N-ethyl adjacent to an activating group) is 1. The molecule has 0 aliphatic carbocycles. The zero-order valence-electron chi connectivity index (χ0n) is 24.2. The maximum Gasteiger partial charge on any atom is 0.416 e. The monoisotopic (exact) mass is 654 g/mol. The van der Waals surface area contributed by atoms with E-state index in [4.69, 9.17) is 4.74 Å². The number of sulfonamides is 1. The number of urea groups is 1. The third-order valence-corrected chi connectivity index (χ3v) is 10.4. The molecule has 3 N–H and O–H groups in total. The van der Waals surface area contributed by atoms with E-state index in [2.05, 4.69) is 10.6 Å². The number of carbonyl (C=O) groups excluding carboxylic acids is 2. The third kappa shape index (κ3) is 7.88. The van der Waals surface area contributed by atoms with Crippen molar-refractivity contribution in [1.82, 2.24) is 9.21 Å². The fourth-order valence-electron chi connectivity index (χ4n) is 4.68. The number of amides is 3. The topological polar surface area (TPSA) is 128 Å². The van der Waals surface area contributed by atoms with E-state index in [0.717, 1.165) is 35.6 Å². The zero-order valence-corrected chi connectivity index (χ0v) is 25.8. The Morgan fingerprint density at radius 3 is 2.43 bits per heavy atom. The number of aliphatic hydroxyl groups is 1. The molecule has 0 fully saturated rings. The number of halogens is 3. The van der Waals surface area contributed by atoms with Crippen molar-refractivity contribution in [2.24, 2.45) is 5.92 Å². The lowest BCUT2D eigenvalue weighted by molar-refractivity contribution is -0.137. The molecule has 0 spiro atoms. The van der Waals surface area contributed by atoms with E-state index < -0.39 is 39.9 Å². The summed E-state index contributed by atoms with van der Waals surface area (Å²) < 4.78 is 72.6. The van der Waals surface area contributed by atoms with E-state index in [9.17, 15) is 36.3 Å². The van der Waals surface area contributed by atoms with Gasteiger partial charge in [-0.1, -0.05) is 13.0 Å². The van der Waals surface area contributed by atoms with Crippen LogP contribution in [0, 0.1) is 5.92 Å². The average molecular weight is 655 g/mol. The second-order valence-corrected chi connectivity index (χ2v) is 13.8. The second kappa shape index (κ2) is 13.5. The van der Waals surface area contributed by atoms with Gasteiger partial charge in [0.2, 0.25) is 5.91 Å². The van der Waals surface area contributed by atoms with E-state index in [1.165, 1.54) is 28.4 Å². The first-order valence-corrected chi connectivity index (χ1v) is 16.0. The number of nitrogens with zero attached hydrogens (tertiary/aromatic N) is 2. The lowest BCUT2D eigenvalue weighted by Gasteiger charge is -2.33. The number of benzene rings is 2. The van der Waals surface area contributed by atoms with Gasteiger partial charge in [0.25, 0.3) is 10.0 Å². The van der Waals surface area contributed by atoms with E-state index in [-0.39, 0.29) is 53.5 Å². The standard InChI is InChI=1S/C29H33F3N4O6S2/c1-18-15-36(19(2)17-37)26(38)14-20-13-23(34-28(39)33-22-8-6-21(7-9-22)29(30,31)32)10-11-24(20)42-25(18)16-35(3)44(40,41)27-5-4-12-43-27/h4-13,18-19,25,37H,14-17H2,1-3H3,(H2,33,34,39)/t18-,19-,25+/m0/s1. The van der Waals surface area contributed by atoms with Gasteiger partial charge in [-0.2, -0.15) is 17.5 Å². The summed E-state index contributed by atoms with van der Waals surface area (Å²) >= 11 is 1.10. The molecule has 3 aromatic rings. The molecule has 2 heterocycles. The summed E-state index contributed by atoms with van der Waals surface area (Å²) in [5.41, 5.74) is -0.00469. The summed E-state index contributed by atoms with van der Waals surface area (Å²) in [4.78, 5) is 27.6. The fraction of sp³-hybridized carbons (Fsp3) is 0.379. The largest absolute Gasteiger partial charge is 0.488 e. The number of ether oxygens (including phenoxy) is 1. The van der Waals surface area contributed by atoms with Crippen molar-refractivity contribution in [2.45, 2.75) is 42.8 Å². The molecule has 44 heavy (non-hydrogen) atoms. The quantitative estimate of drug-likeness (QED) is 0.318. The first-order chi connectivity index (χ1) is 20.7. The summed E-state index contributed by atoms with van der Waals surface area (Å²) in [6, 6.07) is 10.5. The Morgan fingerprint density at radius 1 is 1.16 bits per heavy atom. The predicted octanol–water partition coefficient (Wildman–Crippen LogP) is 4.88. The Balaban J connectivity index is 1.58. The van der Waals surface area contributed by atoms with Crippen LogP contribution in [0.15, 0.2) is 64.2 Å². The van der Waals surface area contributed by atoms with Crippen LogP contribution in [0.25, 0.3) is 0 Å². The minimum atomic E-state index is -4.50. The maximum absolute atomic E-state index is 13.4. The molecule has 0 unspecified atom stereocenters. The molecule has 2 aromatic carbocycles. The lowest BCUT2D eigenvalue weighted by atomic mass is 10.0. The smallest absolute Gasteiger partial charge is 0.416 e. The van der Waals surface area contributed by atoms with Gasteiger partial charge in [-0.3, -0.25) is 4.79 Å². The molecule has 10 nitrogen and oxygen atoms in total. The molecule has 4 rings (SSSR count). The molecule has 0 radical (unpaired) electrons. The summed E-state index contributed by atoms with van der Waals surface area (Å²) in [5, 5.41) is 16.6. The number of hydrogen-bond donors (Lipinski definition) is 3. The maximum atomic E-state index is 13.4. The van der Waals surface area contributed by atoms with Crippen LogP contribution in [0.2, 0.25) is 0 Å². The zero-order chi connectivity index (χ0) is 32.2. The highest BCUT2D eigenvalue weighted by molar-refractivity contribution is 7.91. The number of hydrogen-bond acceptors (Lipinski definition) is 7. The van der Waals surface area contributed by atoms with Crippen molar-refractivity contribution in [2.75, 3.05) is 37.4 Å². The molecule has 3 amide bonds. The first-order valence-electron chi connectivity index (χ1n) is 13.6. The molecular weight excluding hydrogens is 621 g/mol. The Bertz CT molecular complexity index is 1570. The van der Waals surface area contributed by atoms with E-state index in [1.807, 2.05) is 6.92 Å². The van der Waals surface area contributed by atoms with Gasteiger partial charge in [0.1, 0.15) is 16.1 Å². The number of aliphatic hydroxyl groups excluding tert-OH is 1. The number of carbonyl (C=O) groups is 2. The molecule has 238 valence electrons. The van der Waals surface area contributed by atoms with Gasteiger partial charge in [0.15, 0.2) is 0 Å². The molecule has 1 aliphatic heterocycles. The summed E-state index contributed by atoms with van der Waals surface area (Å²) in [6.45, 7) is 3.44. The summed E-state index contributed by atoms with van der Waals surface area (Å²) in [6.07, 6.45) is -5.32. The van der Waals surface area contributed by atoms with Crippen molar-refractivity contribution in [3.63, 3.8) is 0 Å². The Labute approximate surface area is 257 Å². The van der Waals surface area contributed by atoms with E-state index >= 15 is 0 Å². The number of nitrogens with one attached hydrogen (secondary N) is 2. The van der Waals surface area contributed by atoms with Crippen LogP contribution < -0.4 is 15.4 Å². The highest BCUT2D eigenvalue weighted by Crippen LogP contribution is 2.31. The van der Waals surface area contributed by atoms with Crippen molar-refractivity contribution in [3.8, 4) is 5.75 Å². The van der Waals surface area contributed by atoms with Gasteiger partial charge >= 0.3 is 12.2 Å². The van der Waals surface area contributed by atoms with Gasteiger partial charge in [0, 0.05) is 36.4 Å². The SMILES string of the molecule is C[C@H]1CN([C@@H](C)CO)C(=O)Cc2cc(NC(=O)Nc3ccc(C(F)(F)F)cc3)ccc2O[C@@H]1CN(C)S(=O)(=O)c1cccs1. The predicted molar refractivity (Wildman–Crippen MR) is 160 cm³/mol. The molecule has 1 aromatic heterocycles. The van der Waals surface area contributed by atoms with Crippen molar-refractivity contribution in [1.29, 1.82) is 0 Å². The lowest BCUT2D eigenvalue weighted by Crippen LogP contribution is -2.48.